The highest BCUT2D eigenvalue weighted by molar-refractivity contribution is 5.62. The highest BCUT2D eigenvalue weighted by atomic mass is 16.6. The molecular weight excluding hydrogens is 268 g/mol. The molecule has 1 aliphatic rings. The minimum atomic E-state index is -0.352. The van der Waals surface area contributed by atoms with E-state index in [1.807, 2.05) is 12.1 Å². The van der Waals surface area contributed by atoms with Gasteiger partial charge in [-0.2, -0.15) is 0 Å². The number of nitro benzene ring substituents is 1. The van der Waals surface area contributed by atoms with E-state index in [0.29, 0.717) is 11.7 Å². The Hall–Kier alpha value is -1.66. The molecule has 1 atom stereocenters. The summed E-state index contributed by atoms with van der Waals surface area (Å²) in [5.41, 5.74) is 1.80. The number of nitrogens with one attached hydrogen (secondary N) is 1. The maximum Gasteiger partial charge on any atom is 0.292 e. The number of likely N-dealkylation sites (N-methyl/N-ethyl adjacent to an activating group) is 2. The van der Waals surface area contributed by atoms with Gasteiger partial charge in [-0.05, 0) is 45.1 Å². The van der Waals surface area contributed by atoms with Crippen molar-refractivity contribution in [1.29, 1.82) is 0 Å². The van der Waals surface area contributed by atoms with E-state index >= 15 is 0 Å². The Kier molecular flexibility index (Phi) is 5.14. The molecule has 1 aliphatic heterocycles. The Labute approximate surface area is 125 Å². The summed E-state index contributed by atoms with van der Waals surface area (Å²) < 4.78 is 0. The van der Waals surface area contributed by atoms with Gasteiger partial charge in [0.15, 0.2) is 0 Å². The van der Waals surface area contributed by atoms with Gasteiger partial charge in [0.25, 0.3) is 5.69 Å². The summed E-state index contributed by atoms with van der Waals surface area (Å²) >= 11 is 0. The Morgan fingerprint density at radius 3 is 2.90 bits per heavy atom. The fraction of sp³-hybridized carbons (Fsp3) is 0.600. The monoisotopic (exact) mass is 292 g/mol. The Morgan fingerprint density at radius 2 is 2.29 bits per heavy atom. The van der Waals surface area contributed by atoms with Crippen molar-refractivity contribution < 1.29 is 4.92 Å². The van der Waals surface area contributed by atoms with Gasteiger partial charge < -0.3 is 10.2 Å². The molecule has 1 N–H and O–H groups in total. The van der Waals surface area contributed by atoms with Crippen molar-refractivity contribution in [3.05, 3.63) is 33.9 Å². The summed E-state index contributed by atoms with van der Waals surface area (Å²) in [5.74, 6) is 0. The molecule has 1 saturated heterocycles. The summed E-state index contributed by atoms with van der Waals surface area (Å²) in [6.45, 7) is 3.07. The van der Waals surface area contributed by atoms with Crippen molar-refractivity contribution >= 4 is 11.4 Å². The van der Waals surface area contributed by atoms with Crippen molar-refractivity contribution in [3.63, 3.8) is 0 Å². The number of anilines is 1. The van der Waals surface area contributed by atoms with Crippen LogP contribution in [0.1, 0.15) is 18.4 Å². The number of rotatable bonds is 5. The first-order valence-corrected chi connectivity index (χ1v) is 7.35. The van der Waals surface area contributed by atoms with Crippen LogP contribution in [-0.2, 0) is 6.54 Å². The van der Waals surface area contributed by atoms with Crippen LogP contribution in [0.25, 0.3) is 0 Å². The third-order valence-corrected chi connectivity index (χ3v) is 4.18. The van der Waals surface area contributed by atoms with Crippen molar-refractivity contribution in [2.45, 2.75) is 25.4 Å². The molecule has 6 heteroatoms. The largest absolute Gasteiger partial charge is 0.383 e. The standard InChI is InChI=1S/C15H24N4O2/c1-16-14-9-12(6-7-15(14)19(20)21)10-18(3)13-5-4-8-17(2)11-13/h6-7,9,13,16H,4-5,8,10-11H2,1-3H3. The Bertz CT molecular complexity index is 506. The molecule has 0 spiro atoms. The number of piperidine rings is 1. The highest BCUT2D eigenvalue weighted by Crippen LogP contribution is 2.26. The van der Waals surface area contributed by atoms with Crippen LogP contribution in [0.5, 0.6) is 0 Å². The topological polar surface area (TPSA) is 61.6 Å². The lowest BCUT2D eigenvalue weighted by Gasteiger charge is -2.36. The van der Waals surface area contributed by atoms with E-state index in [9.17, 15) is 10.1 Å². The number of nitrogens with zero attached hydrogens (tertiary/aromatic N) is 3. The van der Waals surface area contributed by atoms with E-state index in [-0.39, 0.29) is 10.6 Å². The summed E-state index contributed by atoms with van der Waals surface area (Å²) in [6, 6.07) is 5.86. The number of hydrogen-bond donors (Lipinski definition) is 1. The van der Waals surface area contributed by atoms with Crippen LogP contribution in [0, 0.1) is 10.1 Å². The highest BCUT2D eigenvalue weighted by Gasteiger charge is 2.21. The van der Waals surface area contributed by atoms with E-state index in [2.05, 4.69) is 29.2 Å². The van der Waals surface area contributed by atoms with E-state index in [1.165, 1.54) is 19.4 Å². The van der Waals surface area contributed by atoms with E-state index in [0.717, 1.165) is 18.7 Å². The maximum atomic E-state index is 10.9. The number of nitro groups is 1. The van der Waals surface area contributed by atoms with Gasteiger partial charge in [-0.25, -0.2) is 0 Å². The van der Waals surface area contributed by atoms with Crippen molar-refractivity contribution in [2.24, 2.45) is 0 Å². The zero-order chi connectivity index (χ0) is 15.4. The molecule has 0 saturated carbocycles. The normalized spacial score (nSPS) is 19.7. The smallest absolute Gasteiger partial charge is 0.292 e. The van der Waals surface area contributed by atoms with E-state index in [4.69, 9.17) is 0 Å². The van der Waals surface area contributed by atoms with Gasteiger partial charge in [-0.15, -0.1) is 0 Å². The molecule has 21 heavy (non-hydrogen) atoms. The Balaban J connectivity index is 2.06. The second kappa shape index (κ2) is 6.87. The quantitative estimate of drug-likeness (QED) is 0.665. The van der Waals surface area contributed by atoms with Gasteiger partial charge in [-0.1, -0.05) is 6.07 Å². The number of benzene rings is 1. The fourth-order valence-corrected chi connectivity index (χ4v) is 2.96. The average molecular weight is 292 g/mol. The minimum Gasteiger partial charge on any atom is -0.383 e. The third kappa shape index (κ3) is 3.92. The van der Waals surface area contributed by atoms with Gasteiger partial charge >= 0.3 is 0 Å². The molecule has 0 amide bonds. The van der Waals surface area contributed by atoms with Crippen LogP contribution in [-0.4, -0.2) is 55.0 Å². The molecule has 0 aromatic heterocycles. The van der Waals surface area contributed by atoms with E-state index in [1.54, 1.807) is 13.1 Å². The zero-order valence-electron chi connectivity index (χ0n) is 13.0. The molecule has 1 fully saturated rings. The summed E-state index contributed by atoms with van der Waals surface area (Å²) in [4.78, 5) is 15.3. The lowest BCUT2D eigenvalue weighted by Crippen LogP contribution is -2.44. The lowest BCUT2D eigenvalue weighted by atomic mass is 10.0. The Morgan fingerprint density at radius 1 is 1.52 bits per heavy atom. The molecule has 1 unspecified atom stereocenters. The first-order valence-electron chi connectivity index (χ1n) is 7.35. The van der Waals surface area contributed by atoms with E-state index < -0.39 is 0 Å². The van der Waals surface area contributed by atoms with Gasteiger partial charge in [0, 0.05) is 32.2 Å². The number of hydrogen-bond acceptors (Lipinski definition) is 5. The molecule has 1 heterocycles. The van der Waals surface area contributed by atoms with Crippen LogP contribution in [0.2, 0.25) is 0 Å². The van der Waals surface area contributed by atoms with Gasteiger partial charge in [0.2, 0.25) is 0 Å². The second-order valence-corrected chi connectivity index (χ2v) is 5.83. The molecule has 1 aromatic rings. The summed E-state index contributed by atoms with van der Waals surface area (Å²) in [6.07, 6.45) is 2.44. The van der Waals surface area contributed by atoms with Crippen LogP contribution < -0.4 is 5.32 Å². The maximum absolute atomic E-state index is 10.9. The van der Waals surface area contributed by atoms with Crippen molar-refractivity contribution in [2.75, 3.05) is 39.5 Å². The molecule has 1 aromatic carbocycles. The first kappa shape index (κ1) is 15.7. The van der Waals surface area contributed by atoms with Gasteiger partial charge in [-0.3, -0.25) is 15.0 Å². The van der Waals surface area contributed by atoms with Gasteiger partial charge in [0.1, 0.15) is 5.69 Å². The van der Waals surface area contributed by atoms with Crippen molar-refractivity contribution in [1.82, 2.24) is 9.80 Å². The molecule has 6 nitrogen and oxygen atoms in total. The zero-order valence-corrected chi connectivity index (χ0v) is 13.0. The molecule has 0 radical (unpaired) electrons. The molecule has 0 bridgehead atoms. The van der Waals surface area contributed by atoms with Crippen LogP contribution in [0.15, 0.2) is 18.2 Å². The lowest BCUT2D eigenvalue weighted by molar-refractivity contribution is -0.384. The molecule has 116 valence electrons. The third-order valence-electron chi connectivity index (χ3n) is 4.18. The van der Waals surface area contributed by atoms with Crippen molar-refractivity contribution in [3.8, 4) is 0 Å². The summed E-state index contributed by atoms with van der Waals surface area (Å²) in [7, 11) is 6.00. The predicted octanol–water partition coefficient (Wildman–Crippen LogP) is 2.16. The fourth-order valence-electron chi connectivity index (χ4n) is 2.96. The number of likely N-dealkylation sites (tertiary alicyclic amines) is 1. The SMILES string of the molecule is CNc1cc(CN(C)C2CCCN(C)C2)ccc1[N+](=O)[O-]. The van der Waals surface area contributed by atoms with Gasteiger partial charge in [0.05, 0.1) is 4.92 Å². The van der Waals surface area contributed by atoms with Crippen LogP contribution in [0.3, 0.4) is 0 Å². The minimum absolute atomic E-state index is 0.126. The first-order chi connectivity index (χ1) is 10.0. The summed E-state index contributed by atoms with van der Waals surface area (Å²) in [5, 5.41) is 13.9. The van der Waals surface area contributed by atoms with Crippen LogP contribution in [0.4, 0.5) is 11.4 Å². The molecule has 0 aliphatic carbocycles. The predicted molar refractivity (Wildman–Crippen MR) is 84.6 cm³/mol. The second-order valence-electron chi connectivity index (χ2n) is 5.83. The van der Waals surface area contributed by atoms with Crippen LogP contribution >= 0.6 is 0 Å². The average Bonchev–Trinajstić information content (AvgIpc) is 2.46. The molecular formula is C15H24N4O2. The molecule has 2 rings (SSSR count).